The van der Waals surface area contributed by atoms with Gasteiger partial charge in [-0.15, -0.1) is 0 Å². The van der Waals surface area contributed by atoms with Gasteiger partial charge in [-0.2, -0.15) is 0 Å². The largest absolute Gasteiger partial charge is 0.459 e. The maximum atomic E-state index is 14.7. The van der Waals surface area contributed by atoms with E-state index < -0.39 is 23.2 Å². The highest BCUT2D eigenvalue weighted by Gasteiger charge is 2.28. The van der Waals surface area contributed by atoms with E-state index in [1.54, 1.807) is 24.3 Å². The molecule has 0 saturated heterocycles. The highest BCUT2D eigenvalue weighted by Crippen LogP contribution is 2.35. The number of hydrogen-bond donors (Lipinski definition) is 0. The van der Waals surface area contributed by atoms with Crippen LogP contribution >= 0.6 is 0 Å². The van der Waals surface area contributed by atoms with Crippen molar-refractivity contribution < 1.29 is 27.4 Å². The first-order valence-electron chi connectivity index (χ1n) is 12.0. The van der Waals surface area contributed by atoms with Crippen molar-refractivity contribution in [3.63, 3.8) is 0 Å². The molecule has 3 aromatic carbocycles. The molecule has 184 valence electrons. The molecule has 1 fully saturated rings. The van der Waals surface area contributed by atoms with E-state index in [1.165, 1.54) is 12.1 Å². The number of esters is 1. The maximum absolute atomic E-state index is 14.7. The average molecular weight is 483 g/mol. The highest BCUT2D eigenvalue weighted by atomic mass is 19.2. The fourth-order valence-corrected chi connectivity index (χ4v) is 4.54. The lowest BCUT2D eigenvalue weighted by atomic mass is 9.82. The third kappa shape index (κ3) is 5.76. The van der Waals surface area contributed by atoms with Crippen molar-refractivity contribution in [2.45, 2.75) is 58.2 Å². The Hall–Kier alpha value is -3.12. The standard InChI is InChI=1S/C29H29F3O3/c1-3-34-17-22-9-8-21(16-26(22)30)19-10-12-23(13-11-19)35-29(33)25-15-14-24(27(31)28(25)32)20-6-4-18(2)5-7-20/h4-9,14-16,19,23H,3,10-13,17H2,1-2H3. The smallest absolute Gasteiger partial charge is 0.341 e. The summed E-state index contributed by atoms with van der Waals surface area (Å²) in [5, 5.41) is 0. The van der Waals surface area contributed by atoms with Crippen molar-refractivity contribution >= 4 is 5.97 Å². The number of ether oxygens (including phenoxy) is 2. The summed E-state index contributed by atoms with van der Waals surface area (Å²) in [6.07, 6.45) is 2.19. The molecule has 1 aliphatic carbocycles. The van der Waals surface area contributed by atoms with E-state index in [0.717, 1.165) is 11.1 Å². The SMILES string of the molecule is CCOCc1ccc(C2CCC(OC(=O)c3ccc(-c4ccc(C)cc4)c(F)c3F)CC2)cc1F. The molecule has 0 bridgehead atoms. The topological polar surface area (TPSA) is 35.5 Å². The molecule has 4 rings (SSSR count). The quantitative estimate of drug-likeness (QED) is 0.327. The molecular formula is C29H29F3O3. The predicted molar refractivity (Wildman–Crippen MR) is 129 cm³/mol. The van der Waals surface area contributed by atoms with Crippen molar-refractivity contribution in [3.8, 4) is 11.1 Å². The van der Waals surface area contributed by atoms with Gasteiger partial charge in [-0.1, -0.05) is 48.0 Å². The normalized spacial score (nSPS) is 17.9. The first-order chi connectivity index (χ1) is 16.9. The summed E-state index contributed by atoms with van der Waals surface area (Å²) in [4.78, 5) is 12.6. The van der Waals surface area contributed by atoms with E-state index in [9.17, 15) is 18.0 Å². The Kier molecular flexibility index (Phi) is 7.91. The summed E-state index contributed by atoms with van der Waals surface area (Å²) >= 11 is 0. The number of halogens is 3. The minimum atomic E-state index is -1.20. The number of rotatable bonds is 7. The van der Waals surface area contributed by atoms with Crippen LogP contribution in [0.5, 0.6) is 0 Å². The Morgan fingerprint density at radius 1 is 0.914 bits per heavy atom. The number of benzene rings is 3. The van der Waals surface area contributed by atoms with Crippen molar-refractivity contribution in [2.24, 2.45) is 0 Å². The molecule has 0 unspecified atom stereocenters. The van der Waals surface area contributed by atoms with E-state index in [4.69, 9.17) is 9.47 Å². The summed E-state index contributed by atoms with van der Waals surface area (Å²) in [5.74, 6) is -3.27. The number of carbonyl (C=O) groups is 1. The van der Waals surface area contributed by atoms with E-state index in [2.05, 4.69) is 0 Å². The van der Waals surface area contributed by atoms with Gasteiger partial charge < -0.3 is 9.47 Å². The first-order valence-corrected chi connectivity index (χ1v) is 12.0. The summed E-state index contributed by atoms with van der Waals surface area (Å²) in [6.45, 7) is 4.54. The van der Waals surface area contributed by atoms with Crippen LogP contribution < -0.4 is 0 Å². The van der Waals surface area contributed by atoms with Gasteiger partial charge >= 0.3 is 5.97 Å². The zero-order valence-corrected chi connectivity index (χ0v) is 20.0. The van der Waals surface area contributed by atoms with E-state index in [0.29, 0.717) is 43.4 Å². The van der Waals surface area contributed by atoms with Crippen molar-refractivity contribution in [3.05, 3.63) is 94.3 Å². The Morgan fingerprint density at radius 2 is 1.63 bits per heavy atom. The van der Waals surface area contributed by atoms with Crippen LogP contribution in [0.15, 0.2) is 54.6 Å². The molecule has 1 saturated carbocycles. The van der Waals surface area contributed by atoms with Gasteiger partial charge in [0.15, 0.2) is 11.6 Å². The molecule has 0 spiro atoms. The van der Waals surface area contributed by atoms with Crippen LogP contribution in [-0.2, 0) is 16.1 Å². The molecule has 1 aliphatic rings. The molecular weight excluding hydrogens is 453 g/mol. The summed E-state index contributed by atoms with van der Waals surface area (Å²) < 4.78 is 54.6. The summed E-state index contributed by atoms with van der Waals surface area (Å²) in [7, 11) is 0. The minimum absolute atomic E-state index is 0.0964. The van der Waals surface area contributed by atoms with Gasteiger partial charge in [0, 0.05) is 17.7 Å². The van der Waals surface area contributed by atoms with Gasteiger partial charge in [-0.05, 0) is 68.7 Å². The Bertz CT molecular complexity index is 1180. The third-order valence-corrected chi connectivity index (χ3v) is 6.62. The van der Waals surface area contributed by atoms with Crippen molar-refractivity contribution in [1.82, 2.24) is 0 Å². The van der Waals surface area contributed by atoms with E-state index in [1.807, 2.05) is 32.0 Å². The van der Waals surface area contributed by atoms with Crippen molar-refractivity contribution in [1.29, 1.82) is 0 Å². The van der Waals surface area contributed by atoms with Crippen LogP contribution in [0.2, 0.25) is 0 Å². The molecule has 0 aromatic heterocycles. The highest BCUT2D eigenvalue weighted by molar-refractivity contribution is 5.90. The molecule has 3 nitrogen and oxygen atoms in total. The number of carbonyl (C=O) groups excluding carboxylic acids is 1. The van der Waals surface area contributed by atoms with Gasteiger partial charge in [0.1, 0.15) is 11.9 Å². The van der Waals surface area contributed by atoms with E-state index >= 15 is 0 Å². The predicted octanol–water partition coefficient (Wildman–Crippen LogP) is 7.50. The van der Waals surface area contributed by atoms with Crippen LogP contribution in [0.4, 0.5) is 13.2 Å². The maximum Gasteiger partial charge on any atom is 0.341 e. The molecule has 0 atom stereocenters. The summed E-state index contributed by atoms with van der Waals surface area (Å²) in [6, 6.07) is 15.0. The van der Waals surface area contributed by atoms with E-state index in [-0.39, 0.29) is 30.0 Å². The zero-order valence-electron chi connectivity index (χ0n) is 20.0. The lowest BCUT2D eigenvalue weighted by Crippen LogP contribution is -2.24. The average Bonchev–Trinajstić information content (AvgIpc) is 2.86. The molecule has 0 radical (unpaired) electrons. The first kappa shape index (κ1) is 25.0. The number of aryl methyl sites for hydroxylation is 1. The van der Waals surface area contributed by atoms with Crippen LogP contribution in [0.25, 0.3) is 11.1 Å². The van der Waals surface area contributed by atoms with Crippen LogP contribution in [-0.4, -0.2) is 18.7 Å². The lowest BCUT2D eigenvalue weighted by Gasteiger charge is -2.29. The van der Waals surface area contributed by atoms with Crippen molar-refractivity contribution in [2.75, 3.05) is 6.61 Å². The molecule has 0 aliphatic heterocycles. The fraction of sp³-hybridized carbons (Fsp3) is 0.345. The summed E-state index contributed by atoms with van der Waals surface area (Å²) in [5.41, 5.74) is 2.67. The number of hydrogen-bond acceptors (Lipinski definition) is 3. The third-order valence-electron chi connectivity index (χ3n) is 6.62. The molecule has 0 amide bonds. The Morgan fingerprint density at radius 3 is 2.29 bits per heavy atom. The fourth-order valence-electron chi connectivity index (χ4n) is 4.54. The molecule has 0 N–H and O–H groups in total. The second kappa shape index (κ2) is 11.1. The van der Waals surface area contributed by atoms with Gasteiger partial charge in [-0.25, -0.2) is 18.0 Å². The Labute approximate surface area is 203 Å². The molecule has 0 heterocycles. The van der Waals surface area contributed by atoms with Gasteiger partial charge in [0.25, 0.3) is 0 Å². The monoisotopic (exact) mass is 482 g/mol. The second-order valence-corrected chi connectivity index (χ2v) is 9.02. The van der Waals surface area contributed by atoms with Gasteiger partial charge in [0.05, 0.1) is 12.2 Å². The zero-order chi connectivity index (χ0) is 24.9. The molecule has 35 heavy (non-hydrogen) atoms. The second-order valence-electron chi connectivity index (χ2n) is 9.02. The van der Waals surface area contributed by atoms with Gasteiger partial charge in [-0.3, -0.25) is 0 Å². The Balaban J connectivity index is 1.37. The van der Waals surface area contributed by atoms with Crippen LogP contribution in [0.3, 0.4) is 0 Å². The van der Waals surface area contributed by atoms with Crippen LogP contribution in [0, 0.1) is 24.4 Å². The molecule has 3 aromatic rings. The minimum Gasteiger partial charge on any atom is -0.459 e. The molecule has 6 heteroatoms. The lowest BCUT2D eigenvalue weighted by molar-refractivity contribution is 0.0189. The van der Waals surface area contributed by atoms with Crippen LogP contribution in [0.1, 0.15) is 65.6 Å². The van der Waals surface area contributed by atoms with Gasteiger partial charge in [0.2, 0.25) is 0 Å².